The molecule has 2 heterocycles. The van der Waals surface area contributed by atoms with Crippen LogP contribution < -0.4 is 5.32 Å². The summed E-state index contributed by atoms with van der Waals surface area (Å²) in [5, 5.41) is 3.51. The first-order valence-electron chi connectivity index (χ1n) is 6.01. The van der Waals surface area contributed by atoms with Crippen LogP contribution in [0.4, 0.5) is 0 Å². The lowest BCUT2D eigenvalue weighted by Gasteiger charge is -2.48. The minimum Gasteiger partial charge on any atom is -0.375 e. The third kappa shape index (κ3) is 1.81. The summed E-state index contributed by atoms with van der Waals surface area (Å²) in [5.41, 5.74) is -0.141. The van der Waals surface area contributed by atoms with Crippen molar-refractivity contribution in [1.29, 1.82) is 0 Å². The maximum atomic E-state index is 6.41. The van der Waals surface area contributed by atoms with E-state index >= 15 is 0 Å². The SMILES string of the molecule is CC(C)C1(C)CNCC2(CCOC2C)O1. The molecule has 3 unspecified atom stereocenters. The molecule has 0 amide bonds. The van der Waals surface area contributed by atoms with Crippen LogP contribution in [0.5, 0.6) is 0 Å². The van der Waals surface area contributed by atoms with E-state index in [1.165, 1.54) is 0 Å². The Labute approximate surface area is 92.5 Å². The van der Waals surface area contributed by atoms with Gasteiger partial charge in [0.25, 0.3) is 0 Å². The molecule has 0 radical (unpaired) electrons. The molecule has 3 atom stereocenters. The first-order valence-corrected chi connectivity index (χ1v) is 6.01. The average Bonchev–Trinajstić information content (AvgIpc) is 2.48. The molecule has 0 aliphatic carbocycles. The molecule has 2 saturated heterocycles. The van der Waals surface area contributed by atoms with Crippen LogP contribution in [-0.4, -0.2) is 37.0 Å². The number of morpholine rings is 1. The van der Waals surface area contributed by atoms with E-state index in [0.29, 0.717) is 5.92 Å². The highest BCUT2D eigenvalue weighted by atomic mass is 16.6. The normalized spacial score (nSPS) is 46.6. The van der Waals surface area contributed by atoms with Crippen LogP contribution in [0.1, 0.15) is 34.1 Å². The molecule has 88 valence electrons. The lowest BCUT2D eigenvalue weighted by Crippen LogP contribution is -2.63. The van der Waals surface area contributed by atoms with Crippen molar-refractivity contribution >= 4 is 0 Å². The lowest BCUT2D eigenvalue weighted by molar-refractivity contribution is -0.204. The molecule has 3 heteroatoms. The van der Waals surface area contributed by atoms with Gasteiger partial charge in [0.05, 0.1) is 11.7 Å². The Bertz CT molecular complexity index is 244. The predicted molar refractivity (Wildman–Crippen MR) is 60.0 cm³/mol. The van der Waals surface area contributed by atoms with Crippen molar-refractivity contribution in [3.63, 3.8) is 0 Å². The summed E-state index contributed by atoms with van der Waals surface area (Å²) >= 11 is 0. The highest BCUT2D eigenvalue weighted by Gasteiger charge is 2.50. The molecule has 1 spiro atoms. The average molecular weight is 213 g/mol. The van der Waals surface area contributed by atoms with E-state index in [9.17, 15) is 0 Å². The molecule has 2 aliphatic heterocycles. The van der Waals surface area contributed by atoms with Crippen LogP contribution in [0.15, 0.2) is 0 Å². The summed E-state index contributed by atoms with van der Waals surface area (Å²) in [7, 11) is 0. The number of rotatable bonds is 1. The summed E-state index contributed by atoms with van der Waals surface area (Å²) in [6, 6.07) is 0. The minimum absolute atomic E-state index is 0.0553. The van der Waals surface area contributed by atoms with E-state index in [1.807, 2.05) is 0 Å². The van der Waals surface area contributed by atoms with Crippen LogP contribution >= 0.6 is 0 Å². The summed E-state index contributed by atoms with van der Waals surface area (Å²) in [6.45, 7) is 11.5. The van der Waals surface area contributed by atoms with Gasteiger partial charge in [-0.3, -0.25) is 0 Å². The zero-order valence-corrected chi connectivity index (χ0v) is 10.3. The molecule has 2 aliphatic rings. The third-order valence-corrected chi connectivity index (χ3v) is 4.19. The van der Waals surface area contributed by atoms with E-state index in [1.54, 1.807) is 0 Å². The van der Waals surface area contributed by atoms with E-state index in [2.05, 4.69) is 33.0 Å². The molecule has 0 bridgehead atoms. The molecular formula is C12H23NO2. The summed E-state index contributed by atoms with van der Waals surface area (Å²) < 4.78 is 12.1. The van der Waals surface area contributed by atoms with Crippen LogP contribution in [0.2, 0.25) is 0 Å². The Morgan fingerprint density at radius 3 is 2.60 bits per heavy atom. The Balaban J connectivity index is 2.16. The lowest BCUT2D eigenvalue weighted by atomic mass is 9.85. The largest absolute Gasteiger partial charge is 0.375 e. The van der Waals surface area contributed by atoms with Crippen molar-refractivity contribution in [1.82, 2.24) is 5.32 Å². The first-order chi connectivity index (χ1) is 6.99. The summed E-state index contributed by atoms with van der Waals surface area (Å²) in [4.78, 5) is 0. The molecule has 0 aromatic rings. The highest BCUT2D eigenvalue weighted by molar-refractivity contribution is 5.01. The topological polar surface area (TPSA) is 30.5 Å². The van der Waals surface area contributed by atoms with Gasteiger partial charge in [0.15, 0.2) is 0 Å². The van der Waals surface area contributed by atoms with Crippen molar-refractivity contribution < 1.29 is 9.47 Å². The number of ether oxygens (including phenoxy) is 2. The minimum atomic E-state index is -0.0860. The van der Waals surface area contributed by atoms with Gasteiger partial charge >= 0.3 is 0 Å². The molecule has 3 nitrogen and oxygen atoms in total. The summed E-state index contributed by atoms with van der Waals surface area (Å²) in [5.74, 6) is 0.523. The second-order valence-corrected chi connectivity index (χ2v) is 5.50. The molecule has 2 rings (SSSR count). The molecule has 2 fully saturated rings. The molecular weight excluding hydrogens is 190 g/mol. The van der Waals surface area contributed by atoms with Crippen LogP contribution in [0.25, 0.3) is 0 Å². The standard InChI is InChI=1S/C12H23NO2/c1-9(2)11(4)7-13-8-12(15-11)5-6-14-10(12)3/h9-10,13H,5-8H2,1-4H3. The van der Waals surface area contributed by atoms with Gasteiger partial charge in [0.2, 0.25) is 0 Å². The van der Waals surface area contributed by atoms with Crippen molar-refractivity contribution in [2.45, 2.75) is 51.4 Å². The fourth-order valence-corrected chi connectivity index (χ4v) is 2.51. The number of hydrogen-bond donors (Lipinski definition) is 1. The fourth-order valence-electron chi connectivity index (χ4n) is 2.51. The Morgan fingerprint density at radius 1 is 1.33 bits per heavy atom. The first kappa shape index (κ1) is 11.4. The van der Waals surface area contributed by atoms with Gasteiger partial charge in [-0.25, -0.2) is 0 Å². The predicted octanol–water partition coefficient (Wildman–Crippen LogP) is 1.57. The van der Waals surface area contributed by atoms with Crippen LogP contribution in [0.3, 0.4) is 0 Å². The van der Waals surface area contributed by atoms with Gasteiger partial charge in [-0.2, -0.15) is 0 Å². The second-order valence-electron chi connectivity index (χ2n) is 5.50. The van der Waals surface area contributed by atoms with Gasteiger partial charge in [0, 0.05) is 26.1 Å². The van der Waals surface area contributed by atoms with Gasteiger partial charge in [-0.15, -0.1) is 0 Å². The smallest absolute Gasteiger partial charge is 0.109 e. The van der Waals surface area contributed by atoms with E-state index < -0.39 is 0 Å². The summed E-state index contributed by atoms with van der Waals surface area (Å²) in [6.07, 6.45) is 1.23. The van der Waals surface area contributed by atoms with E-state index in [0.717, 1.165) is 26.1 Å². The van der Waals surface area contributed by atoms with Crippen molar-refractivity contribution in [2.24, 2.45) is 5.92 Å². The molecule has 0 aromatic carbocycles. The Morgan fingerprint density at radius 2 is 2.07 bits per heavy atom. The van der Waals surface area contributed by atoms with Crippen LogP contribution in [-0.2, 0) is 9.47 Å². The van der Waals surface area contributed by atoms with Crippen LogP contribution in [0, 0.1) is 5.92 Å². The van der Waals surface area contributed by atoms with Gasteiger partial charge in [-0.1, -0.05) is 13.8 Å². The van der Waals surface area contributed by atoms with E-state index in [4.69, 9.17) is 9.47 Å². The maximum absolute atomic E-state index is 6.41. The highest BCUT2D eigenvalue weighted by Crippen LogP contribution is 2.38. The zero-order valence-electron chi connectivity index (χ0n) is 10.3. The number of hydrogen-bond acceptors (Lipinski definition) is 3. The molecule has 1 N–H and O–H groups in total. The third-order valence-electron chi connectivity index (χ3n) is 4.19. The zero-order chi connectivity index (χ0) is 11.1. The molecule has 0 aromatic heterocycles. The van der Waals surface area contributed by atoms with Gasteiger partial charge in [-0.05, 0) is 19.8 Å². The maximum Gasteiger partial charge on any atom is 0.109 e. The fraction of sp³-hybridized carbons (Fsp3) is 1.00. The van der Waals surface area contributed by atoms with E-state index in [-0.39, 0.29) is 17.3 Å². The van der Waals surface area contributed by atoms with Gasteiger partial charge < -0.3 is 14.8 Å². The Hall–Kier alpha value is -0.120. The molecule has 15 heavy (non-hydrogen) atoms. The van der Waals surface area contributed by atoms with Crippen molar-refractivity contribution in [2.75, 3.05) is 19.7 Å². The quantitative estimate of drug-likeness (QED) is 0.717. The second kappa shape index (κ2) is 3.72. The molecule has 0 saturated carbocycles. The Kier molecular flexibility index (Phi) is 2.82. The number of nitrogens with one attached hydrogen (secondary N) is 1. The monoisotopic (exact) mass is 213 g/mol. The van der Waals surface area contributed by atoms with Gasteiger partial charge in [0.1, 0.15) is 5.60 Å². The van der Waals surface area contributed by atoms with Crippen molar-refractivity contribution in [3.8, 4) is 0 Å². The van der Waals surface area contributed by atoms with Crippen molar-refractivity contribution in [3.05, 3.63) is 0 Å².